The van der Waals surface area contributed by atoms with E-state index in [0.717, 1.165) is 31.6 Å². The first-order valence-electron chi connectivity index (χ1n) is 7.51. The Bertz CT molecular complexity index is 489. The lowest BCUT2D eigenvalue weighted by molar-refractivity contribution is -0.123. The van der Waals surface area contributed by atoms with Crippen molar-refractivity contribution in [2.75, 3.05) is 13.2 Å². The van der Waals surface area contributed by atoms with Gasteiger partial charge in [0.05, 0.1) is 12.6 Å². The molecule has 0 radical (unpaired) electrons. The lowest BCUT2D eigenvalue weighted by Crippen LogP contribution is -2.47. The van der Waals surface area contributed by atoms with E-state index in [0.29, 0.717) is 12.5 Å². The Morgan fingerprint density at radius 3 is 3.05 bits per heavy atom. The van der Waals surface area contributed by atoms with Gasteiger partial charge in [-0.1, -0.05) is 25.1 Å². The summed E-state index contributed by atoms with van der Waals surface area (Å²) in [6.45, 7) is 3.67. The van der Waals surface area contributed by atoms with Crippen LogP contribution < -0.4 is 15.4 Å². The summed E-state index contributed by atoms with van der Waals surface area (Å²) >= 11 is 0. The molecular weight excluding hydrogens is 252 g/mol. The monoisotopic (exact) mass is 274 g/mol. The third-order valence-corrected chi connectivity index (χ3v) is 4.24. The van der Waals surface area contributed by atoms with Gasteiger partial charge in [0, 0.05) is 24.1 Å². The van der Waals surface area contributed by atoms with E-state index in [2.05, 4.69) is 23.6 Å². The molecule has 2 aliphatic heterocycles. The van der Waals surface area contributed by atoms with E-state index in [-0.39, 0.29) is 18.0 Å². The minimum Gasteiger partial charge on any atom is -0.493 e. The van der Waals surface area contributed by atoms with Gasteiger partial charge in [0.1, 0.15) is 5.75 Å². The fourth-order valence-corrected chi connectivity index (χ4v) is 3.06. The van der Waals surface area contributed by atoms with E-state index < -0.39 is 0 Å². The molecule has 0 saturated carbocycles. The van der Waals surface area contributed by atoms with E-state index >= 15 is 0 Å². The summed E-state index contributed by atoms with van der Waals surface area (Å²) < 4.78 is 5.77. The van der Waals surface area contributed by atoms with E-state index in [4.69, 9.17) is 4.74 Å². The molecule has 3 rings (SSSR count). The van der Waals surface area contributed by atoms with Crippen LogP contribution in [0.1, 0.15) is 37.8 Å². The summed E-state index contributed by atoms with van der Waals surface area (Å²) in [4.78, 5) is 12.1. The maximum Gasteiger partial charge on any atom is 0.237 e. The van der Waals surface area contributed by atoms with Crippen LogP contribution in [-0.4, -0.2) is 25.1 Å². The van der Waals surface area contributed by atoms with Crippen molar-refractivity contribution < 1.29 is 9.53 Å². The number of carbonyl (C=O) groups is 1. The molecule has 2 N–H and O–H groups in total. The highest BCUT2D eigenvalue weighted by Crippen LogP contribution is 2.35. The number of hydrogen-bond donors (Lipinski definition) is 2. The molecule has 4 heteroatoms. The smallest absolute Gasteiger partial charge is 0.237 e. The molecule has 2 heterocycles. The fraction of sp³-hybridized carbons (Fsp3) is 0.562. The Balaban J connectivity index is 1.80. The van der Waals surface area contributed by atoms with Crippen LogP contribution in [0.3, 0.4) is 0 Å². The highest BCUT2D eigenvalue weighted by Gasteiger charge is 2.31. The number of rotatable bonds is 2. The minimum atomic E-state index is -0.0869. The molecule has 1 fully saturated rings. The van der Waals surface area contributed by atoms with Gasteiger partial charge in [0.25, 0.3) is 0 Å². The van der Waals surface area contributed by atoms with Crippen molar-refractivity contribution in [2.24, 2.45) is 5.92 Å². The quantitative estimate of drug-likeness (QED) is 0.867. The molecule has 0 bridgehead atoms. The number of carbonyl (C=O) groups excluding carboxylic acids is 1. The molecule has 0 aromatic heterocycles. The molecule has 20 heavy (non-hydrogen) atoms. The van der Waals surface area contributed by atoms with Gasteiger partial charge in [-0.05, 0) is 25.3 Å². The topological polar surface area (TPSA) is 50.4 Å². The third-order valence-electron chi connectivity index (χ3n) is 4.24. The normalized spacial score (nSPS) is 29.9. The van der Waals surface area contributed by atoms with Crippen LogP contribution in [0.25, 0.3) is 0 Å². The van der Waals surface area contributed by atoms with Crippen molar-refractivity contribution >= 4 is 5.91 Å². The molecule has 4 nitrogen and oxygen atoms in total. The standard InChI is InChI=1S/C16H22N2O2/c1-11-10-20-14-8-3-2-6-12(14)15(11)18-13-7-4-5-9-17-16(13)19/h2-3,6,8,11,13,15,18H,4-5,7,9-10H2,1H3,(H,17,19). The number of ether oxygens (including phenoxy) is 1. The fourth-order valence-electron chi connectivity index (χ4n) is 3.06. The highest BCUT2D eigenvalue weighted by molar-refractivity contribution is 5.82. The van der Waals surface area contributed by atoms with Crippen LogP contribution in [-0.2, 0) is 4.79 Å². The Labute approximate surface area is 119 Å². The second-order valence-corrected chi connectivity index (χ2v) is 5.81. The summed E-state index contributed by atoms with van der Waals surface area (Å²) in [7, 11) is 0. The number of hydrogen-bond acceptors (Lipinski definition) is 3. The van der Waals surface area contributed by atoms with Crippen molar-refractivity contribution in [1.82, 2.24) is 10.6 Å². The molecule has 1 saturated heterocycles. The molecule has 108 valence electrons. The second kappa shape index (κ2) is 5.83. The summed E-state index contributed by atoms with van der Waals surface area (Å²) in [6, 6.07) is 8.22. The predicted molar refractivity (Wildman–Crippen MR) is 77.6 cm³/mol. The third kappa shape index (κ3) is 2.66. The Morgan fingerprint density at radius 2 is 2.15 bits per heavy atom. The van der Waals surface area contributed by atoms with Crippen LogP contribution in [0.5, 0.6) is 5.75 Å². The Hall–Kier alpha value is -1.55. The maximum absolute atomic E-state index is 12.1. The van der Waals surface area contributed by atoms with Crippen molar-refractivity contribution in [2.45, 2.75) is 38.3 Å². The molecular formula is C16H22N2O2. The highest BCUT2D eigenvalue weighted by atomic mass is 16.5. The number of benzene rings is 1. The van der Waals surface area contributed by atoms with Gasteiger partial charge in [-0.15, -0.1) is 0 Å². The van der Waals surface area contributed by atoms with Crippen LogP contribution >= 0.6 is 0 Å². The number of para-hydroxylation sites is 1. The Kier molecular flexibility index (Phi) is 3.92. The average molecular weight is 274 g/mol. The van der Waals surface area contributed by atoms with Gasteiger partial charge in [-0.3, -0.25) is 10.1 Å². The number of fused-ring (bicyclic) bond motifs is 1. The summed E-state index contributed by atoms with van der Waals surface area (Å²) in [6.07, 6.45) is 3.08. The lowest BCUT2D eigenvalue weighted by atomic mass is 9.91. The Morgan fingerprint density at radius 1 is 1.30 bits per heavy atom. The van der Waals surface area contributed by atoms with Gasteiger partial charge in [-0.2, -0.15) is 0 Å². The second-order valence-electron chi connectivity index (χ2n) is 5.81. The number of nitrogens with one attached hydrogen (secondary N) is 2. The molecule has 1 amide bonds. The van der Waals surface area contributed by atoms with Crippen LogP contribution in [0.4, 0.5) is 0 Å². The van der Waals surface area contributed by atoms with Crippen molar-refractivity contribution in [1.29, 1.82) is 0 Å². The zero-order valence-electron chi connectivity index (χ0n) is 11.9. The zero-order chi connectivity index (χ0) is 13.9. The predicted octanol–water partition coefficient (Wildman–Crippen LogP) is 2.01. The van der Waals surface area contributed by atoms with E-state index in [1.807, 2.05) is 18.2 Å². The van der Waals surface area contributed by atoms with E-state index in [1.54, 1.807) is 0 Å². The molecule has 3 unspecified atom stereocenters. The van der Waals surface area contributed by atoms with Crippen molar-refractivity contribution in [3.63, 3.8) is 0 Å². The zero-order valence-corrected chi connectivity index (χ0v) is 11.9. The van der Waals surface area contributed by atoms with Gasteiger partial charge in [-0.25, -0.2) is 0 Å². The SMILES string of the molecule is CC1COc2ccccc2C1NC1CCCCNC1=O. The summed E-state index contributed by atoms with van der Waals surface area (Å²) in [5, 5.41) is 6.55. The molecule has 1 aromatic carbocycles. The molecule has 1 aromatic rings. The number of amides is 1. The maximum atomic E-state index is 12.1. The van der Waals surface area contributed by atoms with Crippen LogP contribution in [0, 0.1) is 5.92 Å². The minimum absolute atomic E-state index is 0.0869. The first-order chi connectivity index (χ1) is 9.75. The molecule has 2 aliphatic rings. The lowest BCUT2D eigenvalue weighted by Gasteiger charge is -2.34. The van der Waals surface area contributed by atoms with Crippen LogP contribution in [0.2, 0.25) is 0 Å². The van der Waals surface area contributed by atoms with Crippen molar-refractivity contribution in [3.8, 4) is 5.75 Å². The van der Waals surface area contributed by atoms with Crippen molar-refractivity contribution in [3.05, 3.63) is 29.8 Å². The van der Waals surface area contributed by atoms with E-state index in [9.17, 15) is 4.79 Å². The first-order valence-corrected chi connectivity index (χ1v) is 7.51. The van der Waals surface area contributed by atoms with Gasteiger partial charge in [0.2, 0.25) is 5.91 Å². The van der Waals surface area contributed by atoms with Gasteiger partial charge < -0.3 is 10.1 Å². The molecule has 3 atom stereocenters. The summed E-state index contributed by atoms with van der Waals surface area (Å²) in [5.74, 6) is 1.44. The van der Waals surface area contributed by atoms with Gasteiger partial charge >= 0.3 is 0 Å². The van der Waals surface area contributed by atoms with Crippen LogP contribution in [0.15, 0.2) is 24.3 Å². The van der Waals surface area contributed by atoms with E-state index in [1.165, 1.54) is 5.56 Å². The molecule has 0 aliphatic carbocycles. The summed E-state index contributed by atoms with van der Waals surface area (Å²) in [5.41, 5.74) is 1.17. The largest absolute Gasteiger partial charge is 0.493 e. The van der Waals surface area contributed by atoms with Gasteiger partial charge in [0.15, 0.2) is 0 Å². The average Bonchev–Trinajstić information content (AvgIpc) is 2.67. The first kappa shape index (κ1) is 13.4. The molecule has 0 spiro atoms.